The molecule has 0 amide bonds. The first-order valence-electron chi connectivity index (χ1n) is 6.99. The molecular formula is C13H19N5Si. The minimum Gasteiger partial charge on any atom is -0.381 e. The van der Waals surface area contributed by atoms with E-state index in [1.807, 2.05) is 6.20 Å². The first-order valence-corrected chi connectivity index (χ1v) is 9.56. The van der Waals surface area contributed by atoms with Crippen molar-refractivity contribution in [2.75, 3.05) is 11.1 Å². The first kappa shape index (κ1) is 12.5. The third kappa shape index (κ3) is 2.00. The van der Waals surface area contributed by atoms with Gasteiger partial charge in [-0.15, -0.1) is 0 Å². The molecule has 6 heteroatoms. The van der Waals surface area contributed by atoms with E-state index in [0.29, 0.717) is 5.65 Å². The summed E-state index contributed by atoms with van der Waals surface area (Å²) in [6, 6.07) is 3.95. The summed E-state index contributed by atoms with van der Waals surface area (Å²) in [4.78, 5) is 17.3. The van der Waals surface area contributed by atoms with Crippen molar-refractivity contribution in [3.63, 3.8) is 0 Å². The van der Waals surface area contributed by atoms with Gasteiger partial charge < -0.3 is 4.57 Å². The summed E-state index contributed by atoms with van der Waals surface area (Å²) in [6.07, 6.45) is 6.43. The molecule has 0 aromatic carbocycles. The summed E-state index contributed by atoms with van der Waals surface area (Å²) in [6.45, 7) is 5.77. The Balaban J connectivity index is 2.03. The van der Waals surface area contributed by atoms with Crippen LogP contribution in [0, 0.1) is 0 Å². The molecule has 0 bridgehead atoms. The molecule has 1 aliphatic rings. The molecule has 0 spiro atoms. The molecule has 2 aromatic heterocycles. The van der Waals surface area contributed by atoms with Crippen molar-refractivity contribution in [2.24, 2.45) is 0 Å². The molecule has 0 radical (unpaired) electrons. The van der Waals surface area contributed by atoms with Crippen molar-refractivity contribution < 1.29 is 0 Å². The van der Waals surface area contributed by atoms with Gasteiger partial charge in [0.2, 0.25) is 0 Å². The highest BCUT2D eigenvalue weighted by Crippen LogP contribution is 2.35. The molecule has 19 heavy (non-hydrogen) atoms. The fourth-order valence-corrected chi connectivity index (χ4v) is 7.45. The summed E-state index contributed by atoms with van der Waals surface area (Å²) in [5.41, 5.74) is 1.47. The van der Waals surface area contributed by atoms with Crippen LogP contribution in [0.25, 0.3) is 11.2 Å². The molecule has 1 fully saturated rings. The molecule has 2 aromatic rings. The van der Waals surface area contributed by atoms with Gasteiger partial charge in [0.05, 0.1) is 12.4 Å². The van der Waals surface area contributed by atoms with Crippen molar-refractivity contribution in [1.29, 1.82) is 0 Å². The van der Waals surface area contributed by atoms with E-state index in [4.69, 9.17) is 4.98 Å². The fraction of sp³-hybridized carbons (Fsp3) is 0.538. The van der Waals surface area contributed by atoms with Crippen LogP contribution in [0.1, 0.15) is 20.3 Å². The van der Waals surface area contributed by atoms with Crippen LogP contribution in [-0.4, -0.2) is 34.7 Å². The van der Waals surface area contributed by atoms with Crippen molar-refractivity contribution in [3.8, 4) is 0 Å². The minimum absolute atomic E-state index is 0.703. The zero-order valence-electron chi connectivity index (χ0n) is 11.5. The van der Waals surface area contributed by atoms with Gasteiger partial charge in [0.15, 0.2) is 13.9 Å². The van der Waals surface area contributed by atoms with Crippen molar-refractivity contribution >= 4 is 25.2 Å². The normalized spacial score (nSPS) is 18.1. The Kier molecular flexibility index (Phi) is 3.18. The Morgan fingerprint density at radius 3 is 2.84 bits per heavy atom. The van der Waals surface area contributed by atoms with Gasteiger partial charge in [-0.1, -0.05) is 13.8 Å². The third-order valence-corrected chi connectivity index (χ3v) is 9.92. The zero-order valence-corrected chi connectivity index (χ0v) is 12.5. The van der Waals surface area contributed by atoms with E-state index in [2.05, 4.69) is 33.4 Å². The molecule has 3 heterocycles. The summed E-state index contributed by atoms with van der Waals surface area (Å²) < 4.78 is 2.56. The predicted molar refractivity (Wildman–Crippen MR) is 78.6 cm³/mol. The molecule has 1 aliphatic heterocycles. The lowest BCUT2D eigenvalue weighted by Gasteiger charge is -2.35. The lowest BCUT2D eigenvalue weighted by atomic mass is 10.4. The second-order valence-corrected chi connectivity index (χ2v) is 10.0. The molecule has 1 saturated heterocycles. The maximum Gasteiger partial charge on any atom is 0.183 e. The number of hydrogen-bond acceptors (Lipinski definition) is 5. The maximum absolute atomic E-state index is 4.70. The van der Waals surface area contributed by atoms with Crippen LogP contribution in [-0.2, 0) is 0 Å². The molecule has 0 saturated carbocycles. The van der Waals surface area contributed by atoms with Crippen molar-refractivity contribution in [2.45, 2.75) is 38.4 Å². The van der Waals surface area contributed by atoms with Crippen LogP contribution in [0.2, 0.25) is 18.1 Å². The highest BCUT2D eigenvalue weighted by molar-refractivity contribution is 6.83. The highest BCUT2D eigenvalue weighted by atomic mass is 28.3. The van der Waals surface area contributed by atoms with Crippen LogP contribution in [0.5, 0.6) is 0 Å². The molecule has 5 nitrogen and oxygen atoms in total. The van der Waals surface area contributed by atoms with E-state index in [1.165, 1.54) is 30.9 Å². The lowest BCUT2D eigenvalue weighted by Crippen LogP contribution is -2.48. The Labute approximate surface area is 114 Å². The number of hydrogen-bond donors (Lipinski definition) is 0. The summed E-state index contributed by atoms with van der Waals surface area (Å²) in [5, 5.41) is 0. The number of fused-ring (bicyclic) bond motifs is 1. The van der Waals surface area contributed by atoms with Crippen LogP contribution in [0.4, 0.5) is 5.82 Å². The average Bonchev–Trinajstić information content (AvgIpc) is 2.91. The summed E-state index contributed by atoms with van der Waals surface area (Å²) in [7, 11) is -1.35. The third-order valence-electron chi connectivity index (χ3n) is 4.40. The van der Waals surface area contributed by atoms with Gasteiger partial charge in [0.1, 0.15) is 17.7 Å². The Morgan fingerprint density at radius 2 is 2.05 bits per heavy atom. The number of anilines is 1. The summed E-state index contributed by atoms with van der Waals surface area (Å²) >= 11 is 0. The van der Waals surface area contributed by atoms with E-state index in [-0.39, 0.29) is 0 Å². The van der Waals surface area contributed by atoms with Gasteiger partial charge in [0.25, 0.3) is 0 Å². The number of nitrogens with zero attached hydrogens (tertiary/aromatic N) is 5. The van der Waals surface area contributed by atoms with Crippen molar-refractivity contribution in [3.05, 3.63) is 18.7 Å². The highest BCUT2D eigenvalue weighted by Gasteiger charge is 2.41. The Bertz CT molecular complexity index is 584. The molecule has 100 valence electrons. The van der Waals surface area contributed by atoms with Crippen LogP contribution < -0.4 is 4.57 Å². The molecule has 0 unspecified atom stereocenters. The standard InChI is InChI=1S/C13H19N5Si/c1-3-19(4-2)7-5-6-18(19)12-9-15-11-8-14-10-16-13(11)17-12/h8-10H,3-7H2,1-2H3. The van der Waals surface area contributed by atoms with Gasteiger partial charge in [-0.25, -0.2) is 19.9 Å². The molecule has 0 aliphatic carbocycles. The Hall–Kier alpha value is -1.56. The van der Waals surface area contributed by atoms with E-state index >= 15 is 0 Å². The largest absolute Gasteiger partial charge is 0.381 e. The van der Waals surface area contributed by atoms with Gasteiger partial charge in [-0.3, -0.25) is 0 Å². The lowest BCUT2D eigenvalue weighted by molar-refractivity contribution is 0.960. The van der Waals surface area contributed by atoms with Gasteiger partial charge in [-0.05, 0) is 24.6 Å². The number of aromatic nitrogens is 4. The van der Waals surface area contributed by atoms with E-state index in [9.17, 15) is 0 Å². The quantitative estimate of drug-likeness (QED) is 0.805. The smallest absolute Gasteiger partial charge is 0.183 e. The second kappa shape index (κ2) is 4.84. The minimum atomic E-state index is -1.35. The molecule has 3 rings (SSSR count). The number of rotatable bonds is 3. The van der Waals surface area contributed by atoms with E-state index in [0.717, 1.165) is 17.9 Å². The average molecular weight is 273 g/mol. The summed E-state index contributed by atoms with van der Waals surface area (Å²) in [5.74, 6) is 1.01. The predicted octanol–water partition coefficient (Wildman–Crippen LogP) is 2.62. The van der Waals surface area contributed by atoms with E-state index < -0.39 is 8.24 Å². The SMILES string of the molecule is CC[Si]1(CC)CCCN1c1cnc2cncnc2n1. The Morgan fingerprint density at radius 1 is 1.21 bits per heavy atom. The van der Waals surface area contributed by atoms with Crippen molar-refractivity contribution in [1.82, 2.24) is 19.9 Å². The molecule has 0 atom stereocenters. The van der Waals surface area contributed by atoms with Crippen LogP contribution in [0.15, 0.2) is 18.7 Å². The van der Waals surface area contributed by atoms with Crippen LogP contribution >= 0.6 is 0 Å². The van der Waals surface area contributed by atoms with Crippen LogP contribution in [0.3, 0.4) is 0 Å². The molecular weight excluding hydrogens is 254 g/mol. The zero-order chi connectivity index (χ0) is 13.3. The van der Waals surface area contributed by atoms with E-state index in [1.54, 1.807) is 6.20 Å². The monoisotopic (exact) mass is 273 g/mol. The van der Waals surface area contributed by atoms with Gasteiger partial charge >= 0.3 is 0 Å². The second-order valence-electron chi connectivity index (χ2n) is 5.15. The topological polar surface area (TPSA) is 54.8 Å². The first-order chi connectivity index (χ1) is 9.29. The molecule has 0 N–H and O–H groups in total. The van der Waals surface area contributed by atoms with Gasteiger partial charge in [-0.2, -0.15) is 0 Å². The maximum atomic E-state index is 4.70. The van der Waals surface area contributed by atoms with Gasteiger partial charge in [0, 0.05) is 6.54 Å². The fourth-order valence-electron chi connectivity index (χ4n) is 3.17.